The van der Waals surface area contributed by atoms with E-state index in [4.69, 9.17) is 0 Å². The number of rotatable bonds is 1. The van der Waals surface area contributed by atoms with Crippen molar-refractivity contribution in [3.8, 4) is 0 Å². The van der Waals surface area contributed by atoms with Gasteiger partial charge in [-0.25, -0.2) is 4.99 Å². The fraction of sp³-hybridized carbons (Fsp3) is 0.800. The van der Waals surface area contributed by atoms with E-state index < -0.39 is 5.54 Å². The summed E-state index contributed by atoms with van der Waals surface area (Å²) in [6, 6.07) is 0. The van der Waals surface area contributed by atoms with Crippen LogP contribution in [0.2, 0.25) is 0 Å². The number of nitrogens with zero attached hydrogens (tertiary/aromatic N) is 1. The summed E-state index contributed by atoms with van der Waals surface area (Å²) in [5, 5.41) is 5.91. The number of amides is 1. The Labute approximate surface area is 85.2 Å². The molecule has 0 aromatic heterocycles. The highest BCUT2D eigenvalue weighted by Gasteiger charge is 2.37. The van der Waals surface area contributed by atoms with E-state index in [9.17, 15) is 4.79 Å². The van der Waals surface area contributed by atoms with E-state index in [1.54, 1.807) is 0 Å². The van der Waals surface area contributed by atoms with Gasteiger partial charge in [-0.3, -0.25) is 10.1 Å². The van der Waals surface area contributed by atoms with Gasteiger partial charge in [-0.15, -0.1) is 0 Å². The molecule has 1 amide bonds. The van der Waals surface area contributed by atoms with Crippen molar-refractivity contribution in [1.82, 2.24) is 10.6 Å². The predicted molar refractivity (Wildman–Crippen MR) is 57.2 cm³/mol. The minimum Gasteiger partial charge on any atom is -0.351 e. The van der Waals surface area contributed by atoms with Gasteiger partial charge in [0.25, 0.3) is 5.91 Å². The number of nitrogens with one attached hydrogen (secondary N) is 2. The van der Waals surface area contributed by atoms with E-state index in [-0.39, 0.29) is 11.4 Å². The molecule has 1 aliphatic rings. The zero-order chi connectivity index (χ0) is 11.0. The molecule has 14 heavy (non-hydrogen) atoms. The Bertz CT molecular complexity index is 278. The van der Waals surface area contributed by atoms with Crippen LogP contribution in [0.15, 0.2) is 4.99 Å². The van der Waals surface area contributed by atoms with Crippen LogP contribution in [0, 0.1) is 0 Å². The molecule has 1 atom stereocenters. The fourth-order valence-corrected chi connectivity index (χ4v) is 1.22. The first-order chi connectivity index (χ1) is 6.27. The molecule has 80 valence electrons. The van der Waals surface area contributed by atoms with Crippen molar-refractivity contribution in [2.45, 2.75) is 52.1 Å². The molecule has 2 N–H and O–H groups in total. The van der Waals surface area contributed by atoms with E-state index in [1.165, 1.54) is 0 Å². The Morgan fingerprint density at radius 2 is 2.07 bits per heavy atom. The maximum absolute atomic E-state index is 11.6. The van der Waals surface area contributed by atoms with Crippen LogP contribution in [0.3, 0.4) is 0 Å². The van der Waals surface area contributed by atoms with Crippen LogP contribution in [0.25, 0.3) is 0 Å². The summed E-state index contributed by atoms with van der Waals surface area (Å²) in [5.41, 5.74) is -0.668. The predicted octanol–water partition coefficient (Wildman–Crippen LogP) is 1.03. The molecule has 1 rings (SSSR count). The maximum Gasteiger partial charge on any atom is 0.254 e. The Hall–Kier alpha value is -1.06. The van der Waals surface area contributed by atoms with Crippen molar-refractivity contribution in [3.05, 3.63) is 0 Å². The Morgan fingerprint density at radius 3 is 2.43 bits per heavy atom. The van der Waals surface area contributed by atoms with Crippen LogP contribution < -0.4 is 10.6 Å². The molecule has 0 spiro atoms. The van der Waals surface area contributed by atoms with Gasteiger partial charge in [0.15, 0.2) is 5.96 Å². The number of hydrogen-bond acceptors (Lipinski definition) is 3. The lowest BCUT2D eigenvalue weighted by atomic mass is 10.0. The van der Waals surface area contributed by atoms with Crippen LogP contribution in [0.1, 0.15) is 41.0 Å². The molecule has 0 saturated carbocycles. The first kappa shape index (κ1) is 11.0. The molecule has 1 unspecified atom stereocenters. The largest absolute Gasteiger partial charge is 0.351 e. The monoisotopic (exact) mass is 197 g/mol. The normalized spacial score (nSPS) is 27.2. The molecule has 0 saturated heterocycles. The van der Waals surface area contributed by atoms with Gasteiger partial charge in [-0.05, 0) is 34.1 Å². The van der Waals surface area contributed by atoms with Gasteiger partial charge in [0, 0.05) is 5.54 Å². The SMILES string of the molecule is CCC1(C)N=C(NC(C)(C)C)NC1=O. The van der Waals surface area contributed by atoms with Crippen molar-refractivity contribution in [2.75, 3.05) is 0 Å². The topological polar surface area (TPSA) is 53.5 Å². The molecule has 0 aliphatic carbocycles. The molecule has 0 bridgehead atoms. The molecular weight excluding hydrogens is 178 g/mol. The lowest BCUT2D eigenvalue weighted by molar-refractivity contribution is -0.123. The van der Waals surface area contributed by atoms with E-state index >= 15 is 0 Å². The highest BCUT2D eigenvalue weighted by Crippen LogP contribution is 2.19. The Balaban J connectivity index is 2.77. The molecule has 4 nitrogen and oxygen atoms in total. The van der Waals surface area contributed by atoms with E-state index in [2.05, 4.69) is 15.6 Å². The average molecular weight is 197 g/mol. The van der Waals surface area contributed by atoms with Crippen molar-refractivity contribution < 1.29 is 4.79 Å². The minimum absolute atomic E-state index is 0.0215. The first-order valence-electron chi connectivity index (χ1n) is 4.96. The standard InChI is InChI=1S/C10H19N3O/c1-6-10(5)7(14)11-8(13-10)12-9(2,3)4/h6H2,1-5H3,(H2,11,12,13,14). The summed E-state index contributed by atoms with van der Waals surface area (Å²) >= 11 is 0. The van der Waals surface area contributed by atoms with E-state index in [0.717, 1.165) is 0 Å². The van der Waals surface area contributed by atoms with Crippen LogP contribution in [0.5, 0.6) is 0 Å². The second-order valence-corrected chi connectivity index (χ2v) is 4.92. The van der Waals surface area contributed by atoms with Gasteiger partial charge < -0.3 is 5.32 Å². The average Bonchev–Trinajstić information content (AvgIpc) is 2.25. The number of hydrogen-bond donors (Lipinski definition) is 2. The van der Waals surface area contributed by atoms with Crippen molar-refractivity contribution >= 4 is 11.9 Å². The van der Waals surface area contributed by atoms with Crippen molar-refractivity contribution in [2.24, 2.45) is 4.99 Å². The summed E-state index contributed by atoms with van der Waals surface area (Å²) in [6.45, 7) is 9.90. The van der Waals surface area contributed by atoms with Crippen molar-refractivity contribution in [3.63, 3.8) is 0 Å². The van der Waals surface area contributed by atoms with Gasteiger partial charge in [0.05, 0.1) is 0 Å². The third kappa shape index (κ3) is 2.25. The summed E-state index contributed by atoms with van der Waals surface area (Å²) in [6.07, 6.45) is 0.716. The first-order valence-corrected chi connectivity index (χ1v) is 4.96. The van der Waals surface area contributed by atoms with Gasteiger partial charge in [0.2, 0.25) is 0 Å². The fourth-order valence-electron chi connectivity index (χ4n) is 1.22. The molecule has 4 heteroatoms. The number of guanidine groups is 1. The quantitative estimate of drug-likeness (QED) is 0.659. The van der Waals surface area contributed by atoms with E-state index in [0.29, 0.717) is 12.4 Å². The zero-order valence-corrected chi connectivity index (χ0v) is 9.56. The highest BCUT2D eigenvalue weighted by molar-refractivity contribution is 6.07. The van der Waals surface area contributed by atoms with Gasteiger partial charge in [-0.2, -0.15) is 0 Å². The maximum atomic E-state index is 11.6. The van der Waals surface area contributed by atoms with Gasteiger partial charge >= 0.3 is 0 Å². The molecular formula is C10H19N3O. The van der Waals surface area contributed by atoms with E-state index in [1.807, 2.05) is 34.6 Å². The molecule has 1 heterocycles. The number of carbonyl (C=O) groups excluding carboxylic acids is 1. The second kappa shape index (κ2) is 3.26. The molecule has 0 fully saturated rings. The molecule has 0 aromatic carbocycles. The summed E-state index contributed by atoms with van der Waals surface area (Å²) < 4.78 is 0. The summed E-state index contributed by atoms with van der Waals surface area (Å²) in [7, 11) is 0. The van der Waals surface area contributed by atoms with Crippen LogP contribution in [-0.4, -0.2) is 22.9 Å². The molecule has 0 aromatic rings. The third-order valence-corrected chi connectivity index (χ3v) is 2.26. The van der Waals surface area contributed by atoms with Crippen LogP contribution in [-0.2, 0) is 4.79 Å². The number of carbonyl (C=O) groups is 1. The summed E-state index contributed by atoms with van der Waals surface area (Å²) in [5.74, 6) is 0.568. The van der Waals surface area contributed by atoms with Crippen molar-refractivity contribution in [1.29, 1.82) is 0 Å². The Kier molecular flexibility index (Phi) is 2.56. The lowest BCUT2D eigenvalue weighted by Gasteiger charge is -2.21. The highest BCUT2D eigenvalue weighted by atomic mass is 16.2. The second-order valence-electron chi connectivity index (χ2n) is 4.92. The lowest BCUT2D eigenvalue weighted by Crippen LogP contribution is -2.47. The number of aliphatic imine (C=N–C) groups is 1. The zero-order valence-electron chi connectivity index (χ0n) is 9.56. The third-order valence-electron chi connectivity index (χ3n) is 2.26. The van der Waals surface area contributed by atoms with Gasteiger partial charge in [0.1, 0.15) is 5.54 Å². The molecule has 0 radical (unpaired) electrons. The van der Waals surface area contributed by atoms with Gasteiger partial charge in [-0.1, -0.05) is 6.92 Å². The molecule has 1 aliphatic heterocycles. The minimum atomic E-state index is -0.590. The smallest absolute Gasteiger partial charge is 0.254 e. The Morgan fingerprint density at radius 1 is 1.50 bits per heavy atom. The van der Waals surface area contributed by atoms with Crippen LogP contribution >= 0.6 is 0 Å². The summed E-state index contributed by atoms with van der Waals surface area (Å²) in [4.78, 5) is 15.9. The van der Waals surface area contributed by atoms with Crippen LogP contribution in [0.4, 0.5) is 0 Å².